The fourth-order valence-corrected chi connectivity index (χ4v) is 6.06. The third-order valence-electron chi connectivity index (χ3n) is 6.31. The van der Waals surface area contributed by atoms with Gasteiger partial charge in [0.2, 0.25) is 0 Å². The molecule has 0 aliphatic carbocycles. The number of nitrogens with one attached hydrogen (secondary N) is 1. The van der Waals surface area contributed by atoms with Gasteiger partial charge in [-0.15, -0.1) is 0 Å². The number of hydrogen-bond acceptors (Lipinski definition) is 4. The second-order valence-corrected chi connectivity index (χ2v) is 11.4. The van der Waals surface area contributed by atoms with Crippen LogP contribution in [0.2, 0.25) is 0 Å². The van der Waals surface area contributed by atoms with Crippen molar-refractivity contribution in [3.05, 3.63) is 53.1 Å². The third-order valence-corrected chi connectivity index (χ3v) is 7.82. The number of benzene rings is 2. The zero-order valence-electron chi connectivity index (χ0n) is 20.5. The summed E-state index contributed by atoms with van der Waals surface area (Å²) in [5.41, 5.74) is 4.60. The van der Waals surface area contributed by atoms with Gasteiger partial charge in [0.15, 0.2) is 0 Å². The molecule has 2 aromatic carbocycles. The summed E-state index contributed by atoms with van der Waals surface area (Å²) in [5, 5.41) is 0. The summed E-state index contributed by atoms with van der Waals surface area (Å²) in [4.78, 5) is 2.70. The largest absolute Gasteiger partial charge is 0.380 e. The highest BCUT2D eigenvalue weighted by Crippen LogP contribution is 2.36. The smallest absolute Gasteiger partial charge is 0.262 e. The lowest BCUT2D eigenvalue weighted by atomic mass is 9.89. The Morgan fingerprint density at radius 1 is 0.938 bits per heavy atom. The van der Waals surface area contributed by atoms with Crippen molar-refractivity contribution in [2.75, 3.05) is 29.8 Å². The van der Waals surface area contributed by atoms with Gasteiger partial charge in [0.1, 0.15) is 0 Å². The number of hydrogen-bond donors (Lipinski definition) is 1. The van der Waals surface area contributed by atoms with Crippen molar-refractivity contribution in [3.63, 3.8) is 0 Å². The van der Waals surface area contributed by atoms with Crippen LogP contribution in [0.3, 0.4) is 0 Å². The molecule has 3 rings (SSSR count). The highest BCUT2D eigenvalue weighted by Gasteiger charge is 2.27. The lowest BCUT2D eigenvalue weighted by Crippen LogP contribution is -2.22. The molecule has 1 N–H and O–H groups in total. The SMILES string of the molecule is COC1CCN(c2ccc(NS(=O)(=O)c3c(C(C)C)cc(C(C)C)cc3C(C)C)cc2)C1. The van der Waals surface area contributed by atoms with Crippen LogP contribution in [-0.4, -0.2) is 34.7 Å². The van der Waals surface area contributed by atoms with E-state index in [1.165, 1.54) is 5.56 Å². The first-order valence-electron chi connectivity index (χ1n) is 11.6. The van der Waals surface area contributed by atoms with Gasteiger partial charge >= 0.3 is 0 Å². The van der Waals surface area contributed by atoms with Crippen LogP contribution in [0, 0.1) is 0 Å². The molecule has 6 heteroatoms. The summed E-state index contributed by atoms with van der Waals surface area (Å²) in [7, 11) is -1.99. The third kappa shape index (κ3) is 5.29. The molecule has 5 nitrogen and oxygen atoms in total. The van der Waals surface area contributed by atoms with Crippen molar-refractivity contribution >= 4 is 21.4 Å². The predicted octanol–water partition coefficient (Wildman–Crippen LogP) is 6.08. The maximum Gasteiger partial charge on any atom is 0.262 e. The Kier molecular flexibility index (Phi) is 7.56. The first-order chi connectivity index (χ1) is 15.0. The number of methoxy groups -OCH3 is 1. The molecule has 2 aromatic rings. The first kappa shape index (κ1) is 24.6. The molecule has 0 aromatic heterocycles. The van der Waals surface area contributed by atoms with Crippen LogP contribution in [0.25, 0.3) is 0 Å². The highest BCUT2D eigenvalue weighted by molar-refractivity contribution is 7.92. The van der Waals surface area contributed by atoms with Crippen molar-refractivity contribution in [2.24, 2.45) is 0 Å². The second kappa shape index (κ2) is 9.84. The number of rotatable bonds is 8. The summed E-state index contributed by atoms with van der Waals surface area (Å²) in [5.74, 6) is 0.540. The fraction of sp³-hybridized carbons (Fsp3) is 0.538. The van der Waals surface area contributed by atoms with Gasteiger partial charge in [-0.1, -0.05) is 53.7 Å². The second-order valence-electron chi connectivity index (χ2n) is 9.74. The molecule has 0 spiro atoms. The molecule has 1 unspecified atom stereocenters. The van der Waals surface area contributed by atoms with Crippen LogP contribution < -0.4 is 9.62 Å². The van der Waals surface area contributed by atoms with E-state index >= 15 is 0 Å². The van der Waals surface area contributed by atoms with Gasteiger partial charge in [-0.25, -0.2) is 8.42 Å². The first-order valence-corrected chi connectivity index (χ1v) is 13.1. The maximum atomic E-state index is 13.6. The normalized spacial score (nSPS) is 17.1. The topological polar surface area (TPSA) is 58.6 Å². The molecular weight excluding hydrogens is 420 g/mol. The van der Waals surface area contributed by atoms with Crippen LogP contribution in [0.1, 0.15) is 82.4 Å². The molecule has 1 saturated heterocycles. The van der Waals surface area contributed by atoms with Crippen molar-refractivity contribution in [1.29, 1.82) is 0 Å². The molecule has 1 fully saturated rings. The van der Waals surface area contributed by atoms with Crippen molar-refractivity contribution in [3.8, 4) is 0 Å². The summed E-state index contributed by atoms with van der Waals surface area (Å²) >= 11 is 0. The van der Waals surface area contributed by atoms with Crippen LogP contribution >= 0.6 is 0 Å². The Bertz CT molecular complexity index is 999. The number of sulfonamides is 1. The fourth-order valence-electron chi connectivity index (χ4n) is 4.30. The Morgan fingerprint density at radius 2 is 1.50 bits per heavy atom. The maximum absolute atomic E-state index is 13.6. The van der Waals surface area contributed by atoms with E-state index in [4.69, 9.17) is 4.74 Å². The van der Waals surface area contributed by atoms with Crippen LogP contribution in [0.5, 0.6) is 0 Å². The average Bonchev–Trinajstić information content (AvgIpc) is 3.22. The summed E-state index contributed by atoms with van der Waals surface area (Å²) < 4.78 is 35.5. The zero-order valence-corrected chi connectivity index (χ0v) is 21.3. The van der Waals surface area contributed by atoms with Crippen LogP contribution in [-0.2, 0) is 14.8 Å². The molecule has 1 aliphatic rings. The van der Waals surface area contributed by atoms with Gasteiger partial charge in [-0.05, 0) is 65.1 Å². The zero-order chi connectivity index (χ0) is 23.6. The van der Waals surface area contributed by atoms with E-state index in [1.54, 1.807) is 7.11 Å². The summed E-state index contributed by atoms with van der Waals surface area (Å²) in [6, 6.07) is 11.8. The van der Waals surface area contributed by atoms with Gasteiger partial charge in [-0.3, -0.25) is 4.72 Å². The number of nitrogens with zero attached hydrogens (tertiary/aromatic N) is 1. The summed E-state index contributed by atoms with van der Waals surface area (Å²) in [6.07, 6.45) is 1.26. The van der Waals surface area contributed by atoms with E-state index < -0.39 is 10.0 Å². The molecule has 32 heavy (non-hydrogen) atoms. The van der Waals surface area contributed by atoms with E-state index in [1.807, 2.05) is 24.3 Å². The van der Waals surface area contributed by atoms with Gasteiger partial charge < -0.3 is 9.64 Å². The minimum absolute atomic E-state index is 0.101. The van der Waals surface area contributed by atoms with Gasteiger partial charge in [-0.2, -0.15) is 0 Å². The standard InChI is InChI=1S/C26H38N2O3S/c1-17(2)20-14-24(18(3)4)26(25(15-20)19(5)6)32(29,30)27-21-8-10-22(11-9-21)28-13-12-23(16-28)31-7/h8-11,14-15,17-19,23,27H,12-13,16H2,1-7H3. The van der Waals surface area contributed by atoms with Gasteiger partial charge in [0.25, 0.3) is 10.0 Å². The Morgan fingerprint density at radius 3 is 1.94 bits per heavy atom. The number of ether oxygens (including phenoxy) is 1. The molecule has 1 aliphatic heterocycles. The van der Waals surface area contributed by atoms with E-state index in [9.17, 15) is 8.42 Å². The monoisotopic (exact) mass is 458 g/mol. The minimum Gasteiger partial charge on any atom is -0.380 e. The van der Waals surface area contributed by atoms with Crippen molar-refractivity contribution in [2.45, 2.75) is 76.7 Å². The number of anilines is 2. The molecular formula is C26H38N2O3S. The Hall–Kier alpha value is -2.05. The summed E-state index contributed by atoms with van der Waals surface area (Å²) in [6.45, 7) is 14.3. The average molecular weight is 459 g/mol. The van der Waals surface area contributed by atoms with Crippen LogP contribution in [0.4, 0.5) is 11.4 Å². The Balaban J connectivity index is 1.94. The van der Waals surface area contributed by atoms with E-state index in [0.29, 0.717) is 16.5 Å². The van der Waals surface area contributed by atoms with Crippen molar-refractivity contribution in [1.82, 2.24) is 0 Å². The molecule has 1 heterocycles. The molecule has 0 amide bonds. The van der Waals surface area contributed by atoms with E-state index in [2.05, 4.69) is 63.3 Å². The van der Waals surface area contributed by atoms with E-state index in [-0.39, 0.29) is 17.9 Å². The predicted molar refractivity (Wildman–Crippen MR) is 134 cm³/mol. The lowest BCUT2D eigenvalue weighted by molar-refractivity contribution is 0.121. The van der Waals surface area contributed by atoms with Gasteiger partial charge in [0, 0.05) is 31.6 Å². The Labute approximate surface area is 194 Å². The quantitative estimate of drug-likeness (QED) is 0.521. The molecule has 0 radical (unpaired) electrons. The highest BCUT2D eigenvalue weighted by atomic mass is 32.2. The van der Waals surface area contributed by atoms with Gasteiger partial charge in [0.05, 0.1) is 11.0 Å². The van der Waals surface area contributed by atoms with E-state index in [0.717, 1.165) is 36.3 Å². The van der Waals surface area contributed by atoms with Crippen molar-refractivity contribution < 1.29 is 13.2 Å². The molecule has 176 valence electrons. The minimum atomic E-state index is -3.74. The molecule has 0 bridgehead atoms. The molecule has 1 atom stereocenters. The lowest BCUT2D eigenvalue weighted by Gasteiger charge is -2.23. The van der Waals surface area contributed by atoms with Crippen LogP contribution in [0.15, 0.2) is 41.3 Å². The molecule has 0 saturated carbocycles.